The molecule has 0 aliphatic heterocycles. The summed E-state index contributed by atoms with van der Waals surface area (Å²) in [5, 5.41) is 0. The maximum atomic E-state index is 3.82. The van der Waals surface area contributed by atoms with E-state index < -0.39 is 0 Å². The van der Waals surface area contributed by atoms with Crippen molar-refractivity contribution in [2.45, 2.75) is 386 Å². The summed E-state index contributed by atoms with van der Waals surface area (Å²) in [6.45, 7) is 6.13. The quantitative estimate of drug-likeness (QED) is 0.0422. The zero-order valence-corrected chi connectivity index (χ0v) is 44.0. The van der Waals surface area contributed by atoms with Crippen LogP contribution in [0, 0.1) is 0 Å². The molecule has 0 saturated heterocycles. The van der Waals surface area contributed by atoms with Crippen molar-refractivity contribution < 1.29 is 0 Å². The zero-order chi connectivity index (χ0) is 44.4. The van der Waals surface area contributed by atoms with Crippen molar-refractivity contribution >= 4 is 0 Å². The maximum Gasteiger partial charge on any atom is -0.0353 e. The average molecular weight is 870 g/mol. The largest absolute Gasteiger partial charge is 0.103 e. The average Bonchev–Trinajstić information content (AvgIpc) is 3.28. The third-order valence-electron chi connectivity index (χ3n) is 14.8. The van der Waals surface area contributed by atoms with E-state index in [1.807, 2.05) is 0 Å². The Morgan fingerprint density at radius 2 is 0.258 bits per heavy atom. The van der Waals surface area contributed by atoms with Gasteiger partial charge in [0.2, 0.25) is 0 Å². The van der Waals surface area contributed by atoms with Crippen molar-refractivity contribution in [2.75, 3.05) is 0 Å². The maximum absolute atomic E-state index is 3.82. The predicted molar refractivity (Wildman–Crippen MR) is 288 cm³/mol. The van der Waals surface area contributed by atoms with Crippen LogP contribution in [0.3, 0.4) is 0 Å². The first-order chi connectivity index (χ1) is 30.9. The first-order valence-electron chi connectivity index (χ1n) is 30.5. The molecule has 0 aromatic carbocycles. The minimum atomic E-state index is 1.21. The fourth-order valence-electron chi connectivity index (χ4n) is 10.3. The molecule has 0 nitrogen and oxygen atoms in total. The summed E-state index contributed by atoms with van der Waals surface area (Å²) >= 11 is 0. The Kier molecular flexibility index (Phi) is 60.5. The minimum absolute atomic E-state index is 1.21. The zero-order valence-electron chi connectivity index (χ0n) is 44.0. The second-order valence-corrected chi connectivity index (χ2v) is 21.2. The van der Waals surface area contributed by atoms with Crippen molar-refractivity contribution in [1.29, 1.82) is 0 Å². The van der Waals surface area contributed by atoms with E-state index in [9.17, 15) is 0 Å². The van der Waals surface area contributed by atoms with Gasteiger partial charge >= 0.3 is 0 Å². The second kappa shape index (κ2) is 60.7. The Labute approximate surface area is 396 Å². The molecule has 0 N–H and O–H groups in total. The van der Waals surface area contributed by atoms with Gasteiger partial charge in [0.05, 0.1) is 0 Å². The van der Waals surface area contributed by atoms with Crippen LogP contribution in [-0.2, 0) is 0 Å². The van der Waals surface area contributed by atoms with Gasteiger partial charge in [-0.2, -0.15) is 0 Å². The molecule has 372 valence electrons. The van der Waals surface area contributed by atoms with E-state index in [2.05, 4.69) is 19.6 Å². The van der Waals surface area contributed by atoms with Crippen molar-refractivity contribution in [3.05, 3.63) is 12.7 Å². The van der Waals surface area contributed by atoms with Crippen LogP contribution in [0.4, 0.5) is 0 Å². The summed E-state index contributed by atoms with van der Waals surface area (Å²) in [4.78, 5) is 0. The summed E-state index contributed by atoms with van der Waals surface area (Å²) in [5.41, 5.74) is 0. The Balaban J connectivity index is 3.06. The van der Waals surface area contributed by atoms with Crippen molar-refractivity contribution in [2.24, 2.45) is 0 Å². The molecular weight excluding hydrogens is 745 g/mol. The van der Waals surface area contributed by atoms with Crippen LogP contribution in [0.5, 0.6) is 0 Å². The molecule has 0 heterocycles. The number of hydrogen-bond donors (Lipinski definition) is 0. The van der Waals surface area contributed by atoms with Crippen LogP contribution in [0.15, 0.2) is 12.7 Å². The summed E-state index contributed by atoms with van der Waals surface area (Å²) in [6, 6.07) is 0. The molecule has 0 aromatic heterocycles. The molecule has 0 atom stereocenters. The molecular formula is C62H124. The van der Waals surface area contributed by atoms with Gasteiger partial charge in [0, 0.05) is 0 Å². The number of unbranched alkanes of at least 4 members (excludes halogenated alkanes) is 58. The fourth-order valence-corrected chi connectivity index (χ4v) is 10.3. The normalized spacial score (nSPS) is 11.6. The van der Waals surface area contributed by atoms with E-state index in [0.717, 1.165) is 0 Å². The summed E-state index contributed by atoms with van der Waals surface area (Å²) in [5.74, 6) is 0. The van der Waals surface area contributed by atoms with Crippen LogP contribution >= 0.6 is 0 Å². The highest BCUT2D eigenvalue weighted by atomic mass is 14.1. The van der Waals surface area contributed by atoms with Crippen molar-refractivity contribution in [3.63, 3.8) is 0 Å². The van der Waals surface area contributed by atoms with Gasteiger partial charge in [-0.1, -0.05) is 379 Å². The lowest BCUT2D eigenvalue weighted by Crippen LogP contribution is -1.85. The minimum Gasteiger partial charge on any atom is -0.103 e. The molecule has 0 saturated carbocycles. The van der Waals surface area contributed by atoms with Crippen LogP contribution in [0.1, 0.15) is 386 Å². The van der Waals surface area contributed by atoms with Gasteiger partial charge in [0.15, 0.2) is 0 Å². The highest BCUT2D eigenvalue weighted by molar-refractivity contribution is 4.65. The van der Waals surface area contributed by atoms with Gasteiger partial charge < -0.3 is 0 Å². The SMILES string of the molecule is C=CCCCCCCCCCCCCCCCCCCCCCCCCCCCCCCCCCCCCCCCCCCCCCCCCCCCCCCCCCCCC. The third kappa shape index (κ3) is 59.7. The summed E-state index contributed by atoms with van der Waals surface area (Å²) in [6.07, 6.45) is 89.4. The van der Waals surface area contributed by atoms with E-state index in [1.54, 1.807) is 0 Å². The van der Waals surface area contributed by atoms with E-state index in [-0.39, 0.29) is 0 Å². The van der Waals surface area contributed by atoms with Crippen LogP contribution < -0.4 is 0 Å². The number of rotatable bonds is 59. The van der Waals surface area contributed by atoms with Crippen molar-refractivity contribution in [1.82, 2.24) is 0 Å². The molecule has 0 aliphatic rings. The molecule has 62 heavy (non-hydrogen) atoms. The Hall–Kier alpha value is -0.260. The van der Waals surface area contributed by atoms with E-state index in [0.29, 0.717) is 0 Å². The van der Waals surface area contributed by atoms with Crippen LogP contribution in [0.25, 0.3) is 0 Å². The van der Waals surface area contributed by atoms with Crippen LogP contribution in [0.2, 0.25) is 0 Å². The van der Waals surface area contributed by atoms with Gasteiger partial charge in [0.25, 0.3) is 0 Å². The molecule has 0 radical (unpaired) electrons. The molecule has 0 fully saturated rings. The topological polar surface area (TPSA) is 0 Å². The fraction of sp³-hybridized carbons (Fsp3) is 0.968. The van der Waals surface area contributed by atoms with Gasteiger partial charge in [-0.15, -0.1) is 6.58 Å². The highest BCUT2D eigenvalue weighted by Crippen LogP contribution is 2.19. The monoisotopic (exact) mass is 869 g/mol. The summed E-state index contributed by atoms with van der Waals surface area (Å²) < 4.78 is 0. The third-order valence-corrected chi connectivity index (χ3v) is 14.8. The molecule has 0 aliphatic carbocycles. The molecule has 0 amide bonds. The lowest BCUT2D eigenvalue weighted by molar-refractivity contribution is 0.507. The second-order valence-electron chi connectivity index (χ2n) is 21.2. The van der Waals surface area contributed by atoms with Gasteiger partial charge in [-0.3, -0.25) is 0 Å². The van der Waals surface area contributed by atoms with E-state index >= 15 is 0 Å². The lowest BCUT2D eigenvalue weighted by Gasteiger charge is -2.05. The molecule has 0 bridgehead atoms. The van der Waals surface area contributed by atoms with Crippen LogP contribution in [-0.4, -0.2) is 0 Å². The van der Waals surface area contributed by atoms with Crippen molar-refractivity contribution in [3.8, 4) is 0 Å². The Morgan fingerprint density at radius 1 is 0.161 bits per heavy atom. The number of hydrogen-bond acceptors (Lipinski definition) is 0. The predicted octanol–water partition coefficient (Wildman–Crippen LogP) is 24.2. The molecule has 0 heteroatoms. The lowest BCUT2D eigenvalue weighted by atomic mass is 10.0. The number of allylic oxidation sites excluding steroid dienone is 1. The van der Waals surface area contributed by atoms with Gasteiger partial charge in [-0.25, -0.2) is 0 Å². The smallest absolute Gasteiger partial charge is 0.0353 e. The Bertz CT molecular complexity index is 736. The molecule has 0 rings (SSSR count). The highest BCUT2D eigenvalue weighted by Gasteiger charge is 2.00. The molecule has 0 unspecified atom stereocenters. The van der Waals surface area contributed by atoms with Gasteiger partial charge in [0.1, 0.15) is 0 Å². The first kappa shape index (κ1) is 61.7. The van der Waals surface area contributed by atoms with Gasteiger partial charge in [-0.05, 0) is 12.8 Å². The van der Waals surface area contributed by atoms with E-state index in [1.165, 1.54) is 379 Å². The standard InChI is InChI=1S/C62H124/c1-3-5-7-9-11-13-15-17-19-21-23-25-27-29-31-33-35-37-39-41-43-45-47-49-51-53-55-57-59-61-62-60-58-56-54-52-50-48-46-44-42-40-38-36-34-32-30-28-26-24-22-20-18-16-14-12-10-8-6-4-2/h3H,1,4-62H2,2H3. The first-order valence-corrected chi connectivity index (χ1v) is 30.5. The van der Waals surface area contributed by atoms with E-state index in [4.69, 9.17) is 0 Å². The summed E-state index contributed by atoms with van der Waals surface area (Å²) in [7, 11) is 0. The Morgan fingerprint density at radius 3 is 0.355 bits per heavy atom. The molecule has 0 spiro atoms. The molecule has 0 aromatic rings.